The minimum Gasteiger partial charge on any atom is -0.368 e. The van der Waals surface area contributed by atoms with Crippen molar-refractivity contribution in [3.05, 3.63) is 28.8 Å². The summed E-state index contributed by atoms with van der Waals surface area (Å²) in [6.07, 6.45) is 0. The molecule has 4 nitrogen and oxygen atoms in total. The molecule has 112 valence electrons. The van der Waals surface area contributed by atoms with E-state index in [2.05, 4.69) is 37.8 Å². The van der Waals surface area contributed by atoms with Crippen LogP contribution in [0.5, 0.6) is 0 Å². The van der Waals surface area contributed by atoms with Gasteiger partial charge in [-0.3, -0.25) is 0 Å². The third-order valence-corrected chi connectivity index (χ3v) is 5.83. The van der Waals surface area contributed by atoms with Crippen molar-refractivity contribution in [3.63, 3.8) is 0 Å². The number of sulfonamides is 1. The lowest BCUT2D eigenvalue weighted by Crippen LogP contribution is -2.49. The SMILES string of the molecule is CCS(=O)(=O)N1CCN(c2c(C)cc(C)cc2C)CC1. The molecule has 0 aromatic heterocycles. The van der Waals surface area contributed by atoms with E-state index in [-0.39, 0.29) is 5.75 Å². The van der Waals surface area contributed by atoms with Crippen molar-refractivity contribution in [2.45, 2.75) is 27.7 Å². The first-order chi connectivity index (χ1) is 9.35. The highest BCUT2D eigenvalue weighted by Gasteiger charge is 2.26. The van der Waals surface area contributed by atoms with Gasteiger partial charge < -0.3 is 4.90 Å². The lowest BCUT2D eigenvalue weighted by Gasteiger charge is -2.36. The Balaban J connectivity index is 2.16. The second kappa shape index (κ2) is 5.74. The summed E-state index contributed by atoms with van der Waals surface area (Å²) in [5, 5.41) is 0. The Morgan fingerprint density at radius 1 is 1.00 bits per heavy atom. The van der Waals surface area contributed by atoms with Gasteiger partial charge >= 0.3 is 0 Å². The molecule has 2 rings (SSSR count). The van der Waals surface area contributed by atoms with Crippen LogP contribution in [-0.2, 0) is 10.0 Å². The van der Waals surface area contributed by atoms with Gasteiger partial charge in [-0.05, 0) is 38.8 Å². The number of nitrogens with zero attached hydrogens (tertiary/aromatic N) is 2. The standard InChI is InChI=1S/C15H24N2O2S/c1-5-20(18,19)17-8-6-16(7-9-17)15-13(3)10-12(2)11-14(15)4/h10-11H,5-9H2,1-4H3. The summed E-state index contributed by atoms with van der Waals surface area (Å²) in [5.74, 6) is 0.190. The molecular weight excluding hydrogens is 272 g/mol. The molecule has 0 bridgehead atoms. The van der Waals surface area contributed by atoms with Crippen LogP contribution in [0.1, 0.15) is 23.6 Å². The molecule has 20 heavy (non-hydrogen) atoms. The van der Waals surface area contributed by atoms with E-state index >= 15 is 0 Å². The van der Waals surface area contributed by atoms with Gasteiger partial charge in [0, 0.05) is 31.9 Å². The van der Waals surface area contributed by atoms with Crippen LogP contribution in [0, 0.1) is 20.8 Å². The van der Waals surface area contributed by atoms with Crippen LogP contribution in [0.4, 0.5) is 5.69 Å². The average Bonchev–Trinajstić information content (AvgIpc) is 2.38. The summed E-state index contributed by atoms with van der Waals surface area (Å²) in [4.78, 5) is 2.31. The van der Waals surface area contributed by atoms with Crippen molar-refractivity contribution >= 4 is 15.7 Å². The molecule has 1 saturated heterocycles. The smallest absolute Gasteiger partial charge is 0.213 e. The van der Waals surface area contributed by atoms with Crippen molar-refractivity contribution in [2.75, 3.05) is 36.8 Å². The normalized spacial score (nSPS) is 17.5. The second-order valence-electron chi connectivity index (χ2n) is 5.53. The number of aryl methyl sites for hydroxylation is 3. The average molecular weight is 296 g/mol. The number of anilines is 1. The number of piperazine rings is 1. The summed E-state index contributed by atoms with van der Waals surface area (Å²) in [5.41, 5.74) is 5.09. The fraction of sp³-hybridized carbons (Fsp3) is 0.600. The molecule has 1 aliphatic heterocycles. The topological polar surface area (TPSA) is 40.6 Å². The first-order valence-corrected chi connectivity index (χ1v) is 8.76. The molecule has 1 aliphatic rings. The van der Waals surface area contributed by atoms with Gasteiger partial charge in [-0.1, -0.05) is 17.7 Å². The Hall–Kier alpha value is -1.07. The Morgan fingerprint density at radius 3 is 1.95 bits per heavy atom. The van der Waals surface area contributed by atoms with E-state index in [1.807, 2.05) is 0 Å². The molecule has 0 saturated carbocycles. The van der Waals surface area contributed by atoms with Crippen LogP contribution >= 0.6 is 0 Å². The zero-order valence-electron chi connectivity index (χ0n) is 12.8. The van der Waals surface area contributed by atoms with Gasteiger partial charge in [-0.25, -0.2) is 8.42 Å². The van der Waals surface area contributed by atoms with Gasteiger partial charge in [-0.2, -0.15) is 4.31 Å². The zero-order valence-corrected chi connectivity index (χ0v) is 13.6. The number of hydrogen-bond acceptors (Lipinski definition) is 3. The fourth-order valence-electron chi connectivity index (χ4n) is 3.04. The monoisotopic (exact) mass is 296 g/mol. The van der Waals surface area contributed by atoms with Crippen LogP contribution in [0.3, 0.4) is 0 Å². The number of benzene rings is 1. The van der Waals surface area contributed by atoms with Crippen LogP contribution in [-0.4, -0.2) is 44.7 Å². The summed E-state index contributed by atoms with van der Waals surface area (Å²) in [6.45, 7) is 10.8. The summed E-state index contributed by atoms with van der Waals surface area (Å²) >= 11 is 0. The predicted octanol–water partition coefficient (Wildman–Crippen LogP) is 2.08. The third kappa shape index (κ3) is 2.99. The highest BCUT2D eigenvalue weighted by atomic mass is 32.2. The van der Waals surface area contributed by atoms with E-state index in [0.717, 1.165) is 13.1 Å². The van der Waals surface area contributed by atoms with E-state index in [1.54, 1.807) is 11.2 Å². The third-order valence-electron chi connectivity index (χ3n) is 3.95. The Bertz CT molecular complexity index is 565. The molecule has 0 aliphatic carbocycles. The summed E-state index contributed by atoms with van der Waals surface area (Å²) in [6, 6.07) is 4.38. The van der Waals surface area contributed by atoms with E-state index in [0.29, 0.717) is 13.1 Å². The maximum Gasteiger partial charge on any atom is 0.213 e. The van der Waals surface area contributed by atoms with Crippen molar-refractivity contribution in [1.29, 1.82) is 0 Å². The molecule has 0 amide bonds. The molecule has 1 fully saturated rings. The minimum atomic E-state index is -3.05. The van der Waals surface area contributed by atoms with Gasteiger partial charge in [0.1, 0.15) is 0 Å². The summed E-state index contributed by atoms with van der Waals surface area (Å²) < 4.78 is 25.4. The number of rotatable bonds is 3. The fourth-order valence-corrected chi connectivity index (χ4v) is 4.13. The van der Waals surface area contributed by atoms with Gasteiger partial charge in [0.25, 0.3) is 0 Å². The van der Waals surface area contributed by atoms with Crippen molar-refractivity contribution in [3.8, 4) is 0 Å². The van der Waals surface area contributed by atoms with E-state index in [4.69, 9.17) is 0 Å². The Labute approximate surface area is 122 Å². The van der Waals surface area contributed by atoms with Crippen LogP contribution in [0.15, 0.2) is 12.1 Å². The molecule has 1 aromatic rings. The zero-order chi connectivity index (χ0) is 14.9. The molecule has 0 atom stereocenters. The lowest BCUT2D eigenvalue weighted by atomic mass is 10.0. The minimum absolute atomic E-state index is 0.190. The van der Waals surface area contributed by atoms with Gasteiger partial charge in [0.15, 0.2) is 0 Å². The number of hydrogen-bond donors (Lipinski definition) is 0. The van der Waals surface area contributed by atoms with Crippen LogP contribution < -0.4 is 4.90 Å². The molecule has 0 spiro atoms. The molecular formula is C15H24N2O2S. The highest BCUT2D eigenvalue weighted by Crippen LogP contribution is 2.27. The quantitative estimate of drug-likeness (QED) is 0.857. The van der Waals surface area contributed by atoms with Crippen LogP contribution in [0.25, 0.3) is 0 Å². The first kappa shape index (κ1) is 15.3. The van der Waals surface area contributed by atoms with Crippen molar-refractivity contribution in [1.82, 2.24) is 4.31 Å². The molecule has 0 unspecified atom stereocenters. The lowest BCUT2D eigenvalue weighted by molar-refractivity contribution is 0.385. The molecule has 0 N–H and O–H groups in total. The van der Waals surface area contributed by atoms with Gasteiger partial charge in [0.05, 0.1) is 5.75 Å². The van der Waals surface area contributed by atoms with Gasteiger partial charge in [0.2, 0.25) is 10.0 Å². The van der Waals surface area contributed by atoms with Crippen molar-refractivity contribution in [2.24, 2.45) is 0 Å². The Kier molecular flexibility index (Phi) is 4.39. The molecule has 1 heterocycles. The molecule has 5 heteroatoms. The maximum atomic E-state index is 11.9. The molecule has 0 radical (unpaired) electrons. The first-order valence-electron chi connectivity index (χ1n) is 7.15. The van der Waals surface area contributed by atoms with Gasteiger partial charge in [-0.15, -0.1) is 0 Å². The predicted molar refractivity (Wildman–Crippen MR) is 83.9 cm³/mol. The van der Waals surface area contributed by atoms with E-state index in [9.17, 15) is 8.42 Å². The largest absolute Gasteiger partial charge is 0.368 e. The Morgan fingerprint density at radius 2 is 1.50 bits per heavy atom. The molecule has 1 aromatic carbocycles. The maximum absolute atomic E-state index is 11.9. The second-order valence-corrected chi connectivity index (χ2v) is 7.79. The van der Waals surface area contributed by atoms with E-state index in [1.165, 1.54) is 22.4 Å². The van der Waals surface area contributed by atoms with E-state index < -0.39 is 10.0 Å². The van der Waals surface area contributed by atoms with Crippen molar-refractivity contribution < 1.29 is 8.42 Å². The van der Waals surface area contributed by atoms with Crippen LogP contribution in [0.2, 0.25) is 0 Å². The summed E-state index contributed by atoms with van der Waals surface area (Å²) in [7, 11) is -3.05. The highest BCUT2D eigenvalue weighted by molar-refractivity contribution is 7.89.